The Labute approximate surface area is 188 Å². The number of piperidine rings is 1. The summed E-state index contributed by atoms with van der Waals surface area (Å²) >= 11 is 0. The van der Waals surface area contributed by atoms with Gasteiger partial charge in [0.2, 0.25) is 17.7 Å². The number of aromatic nitrogens is 1. The van der Waals surface area contributed by atoms with Crippen molar-refractivity contribution in [3.8, 4) is 0 Å². The van der Waals surface area contributed by atoms with Gasteiger partial charge in [0.05, 0.1) is 11.8 Å². The van der Waals surface area contributed by atoms with Gasteiger partial charge in [0, 0.05) is 44.0 Å². The summed E-state index contributed by atoms with van der Waals surface area (Å²) < 4.78 is 0. The molecular weight excluding hydrogens is 406 g/mol. The standard InChI is InChI=1S/C24H31N5O3/c30-19(13-29-23(31)20-15-3-4-16(10-15)21(20)24(29)32)28-9-1-2-17(12-28)22-18(11-26-27-22)14-5-7-25-8-6-14/h5-8,15-18,20-22,26-27H,1-4,9-13H2. The van der Waals surface area contributed by atoms with Gasteiger partial charge in [-0.3, -0.25) is 35.1 Å². The summed E-state index contributed by atoms with van der Waals surface area (Å²) in [4.78, 5) is 46.5. The summed E-state index contributed by atoms with van der Waals surface area (Å²) in [6.45, 7) is 2.12. The van der Waals surface area contributed by atoms with Gasteiger partial charge in [0.25, 0.3) is 0 Å². The molecule has 170 valence electrons. The number of hydrogen-bond acceptors (Lipinski definition) is 6. The fraction of sp³-hybridized carbons (Fsp3) is 0.667. The zero-order valence-corrected chi connectivity index (χ0v) is 18.3. The van der Waals surface area contributed by atoms with E-state index < -0.39 is 0 Å². The first-order valence-electron chi connectivity index (χ1n) is 12.1. The van der Waals surface area contributed by atoms with E-state index in [1.54, 1.807) is 0 Å². The number of nitrogens with one attached hydrogen (secondary N) is 2. The van der Waals surface area contributed by atoms with Crippen molar-refractivity contribution in [3.05, 3.63) is 30.1 Å². The second-order valence-electron chi connectivity index (χ2n) is 10.3. The van der Waals surface area contributed by atoms with E-state index in [-0.39, 0.29) is 42.1 Å². The Morgan fingerprint density at radius 3 is 2.47 bits per heavy atom. The van der Waals surface area contributed by atoms with Gasteiger partial charge in [-0.15, -0.1) is 0 Å². The molecule has 0 spiro atoms. The maximum absolute atomic E-state index is 13.2. The molecule has 3 saturated heterocycles. The number of carbonyl (C=O) groups is 3. The minimum absolute atomic E-state index is 0.0824. The van der Waals surface area contributed by atoms with E-state index in [9.17, 15) is 14.4 Å². The molecule has 2 bridgehead atoms. The average Bonchev–Trinajstić information content (AvgIpc) is 3.61. The lowest BCUT2D eigenvalue weighted by Gasteiger charge is -2.38. The zero-order chi connectivity index (χ0) is 21.8. The molecule has 1 aromatic heterocycles. The number of pyridine rings is 1. The summed E-state index contributed by atoms with van der Waals surface area (Å²) in [5.41, 5.74) is 7.99. The van der Waals surface area contributed by atoms with E-state index in [1.807, 2.05) is 17.3 Å². The van der Waals surface area contributed by atoms with Crippen LogP contribution < -0.4 is 10.9 Å². The highest BCUT2D eigenvalue weighted by atomic mass is 16.2. The molecule has 5 aliphatic rings. The lowest BCUT2D eigenvalue weighted by atomic mass is 9.81. The maximum atomic E-state index is 13.2. The van der Waals surface area contributed by atoms with Crippen LogP contribution in [0.15, 0.2) is 24.5 Å². The van der Waals surface area contributed by atoms with Gasteiger partial charge >= 0.3 is 0 Å². The third-order valence-electron chi connectivity index (χ3n) is 8.79. The molecule has 3 aliphatic heterocycles. The Morgan fingerprint density at radius 2 is 1.75 bits per heavy atom. The molecule has 8 nitrogen and oxygen atoms in total. The number of rotatable bonds is 4. The molecule has 5 fully saturated rings. The number of fused-ring (bicyclic) bond motifs is 5. The smallest absolute Gasteiger partial charge is 0.242 e. The van der Waals surface area contributed by atoms with Crippen molar-refractivity contribution in [1.82, 2.24) is 25.6 Å². The highest BCUT2D eigenvalue weighted by molar-refractivity contribution is 6.08. The second kappa shape index (κ2) is 7.92. The topological polar surface area (TPSA) is 94.6 Å². The molecule has 2 N–H and O–H groups in total. The van der Waals surface area contributed by atoms with Crippen LogP contribution in [0, 0.1) is 29.6 Å². The zero-order valence-electron chi connectivity index (χ0n) is 18.3. The van der Waals surface area contributed by atoms with E-state index in [0.717, 1.165) is 38.6 Å². The van der Waals surface area contributed by atoms with Crippen molar-refractivity contribution in [1.29, 1.82) is 0 Å². The number of carbonyl (C=O) groups excluding carboxylic acids is 3. The third kappa shape index (κ3) is 3.18. The van der Waals surface area contributed by atoms with Crippen LogP contribution in [-0.4, -0.2) is 64.7 Å². The predicted molar refractivity (Wildman–Crippen MR) is 116 cm³/mol. The normalized spacial score (nSPS) is 38.6. The van der Waals surface area contributed by atoms with Gasteiger partial charge in [-0.1, -0.05) is 0 Å². The second-order valence-corrected chi connectivity index (χ2v) is 10.3. The number of likely N-dealkylation sites (tertiary alicyclic amines) is 2. The minimum Gasteiger partial charge on any atom is -0.341 e. The van der Waals surface area contributed by atoms with Crippen molar-refractivity contribution in [3.63, 3.8) is 0 Å². The van der Waals surface area contributed by atoms with Crippen molar-refractivity contribution < 1.29 is 14.4 Å². The number of imide groups is 1. The van der Waals surface area contributed by atoms with Crippen molar-refractivity contribution in [2.24, 2.45) is 29.6 Å². The number of hydrogen-bond donors (Lipinski definition) is 2. The summed E-state index contributed by atoms with van der Waals surface area (Å²) in [5, 5.41) is 0. The summed E-state index contributed by atoms with van der Waals surface area (Å²) in [7, 11) is 0. The van der Waals surface area contributed by atoms with Gasteiger partial charge < -0.3 is 4.90 Å². The van der Waals surface area contributed by atoms with Crippen LogP contribution in [0.1, 0.15) is 43.6 Å². The van der Waals surface area contributed by atoms with Crippen LogP contribution in [0.5, 0.6) is 0 Å². The first kappa shape index (κ1) is 20.3. The van der Waals surface area contributed by atoms with Crippen LogP contribution in [0.4, 0.5) is 0 Å². The minimum atomic E-state index is -0.155. The number of amides is 3. The van der Waals surface area contributed by atoms with E-state index in [2.05, 4.69) is 28.0 Å². The fourth-order valence-electron chi connectivity index (χ4n) is 7.29. The first-order chi connectivity index (χ1) is 15.6. The molecule has 7 atom stereocenters. The Bertz CT molecular complexity index is 895. The van der Waals surface area contributed by atoms with Gasteiger partial charge in [-0.25, -0.2) is 0 Å². The Balaban J connectivity index is 1.12. The van der Waals surface area contributed by atoms with Gasteiger partial charge in [0.1, 0.15) is 6.54 Å². The molecule has 4 heterocycles. The van der Waals surface area contributed by atoms with E-state index in [0.29, 0.717) is 36.8 Å². The highest BCUT2D eigenvalue weighted by Gasteiger charge is 2.61. The third-order valence-corrected chi connectivity index (χ3v) is 8.79. The summed E-state index contributed by atoms with van der Waals surface area (Å²) in [5.74, 6) is 0.780. The molecule has 8 heteroatoms. The molecule has 6 rings (SSSR count). The van der Waals surface area contributed by atoms with Crippen LogP contribution in [0.3, 0.4) is 0 Å². The van der Waals surface area contributed by atoms with E-state index in [1.165, 1.54) is 10.5 Å². The molecule has 0 aromatic carbocycles. The van der Waals surface area contributed by atoms with Gasteiger partial charge in [-0.2, -0.15) is 0 Å². The number of hydrazine groups is 1. The Morgan fingerprint density at radius 1 is 1.03 bits per heavy atom. The molecule has 0 radical (unpaired) electrons. The van der Waals surface area contributed by atoms with E-state index in [4.69, 9.17) is 0 Å². The van der Waals surface area contributed by atoms with Crippen LogP contribution >= 0.6 is 0 Å². The molecule has 32 heavy (non-hydrogen) atoms. The van der Waals surface area contributed by atoms with Gasteiger partial charge in [0.15, 0.2) is 0 Å². The van der Waals surface area contributed by atoms with Crippen molar-refractivity contribution in [2.45, 2.75) is 44.1 Å². The molecule has 3 amide bonds. The molecular formula is C24H31N5O3. The largest absolute Gasteiger partial charge is 0.341 e. The van der Waals surface area contributed by atoms with E-state index >= 15 is 0 Å². The maximum Gasteiger partial charge on any atom is 0.242 e. The predicted octanol–water partition coefficient (Wildman–Crippen LogP) is 0.911. The van der Waals surface area contributed by atoms with Crippen LogP contribution in [0.25, 0.3) is 0 Å². The SMILES string of the molecule is O=C(CN1C(=O)C2C3CCC(C3)C2C1=O)N1CCCC(C2NNCC2c2ccncc2)C1. The Hall–Kier alpha value is -2.32. The van der Waals surface area contributed by atoms with Gasteiger partial charge in [-0.05, 0) is 67.6 Å². The molecule has 2 saturated carbocycles. The van der Waals surface area contributed by atoms with Crippen molar-refractivity contribution >= 4 is 17.7 Å². The highest BCUT2D eigenvalue weighted by Crippen LogP contribution is 2.56. The Kier molecular flexibility index (Phi) is 5.02. The molecule has 7 unspecified atom stereocenters. The van der Waals surface area contributed by atoms with Crippen molar-refractivity contribution in [2.75, 3.05) is 26.2 Å². The fourth-order valence-corrected chi connectivity index (χ4v) is 7.29. The quantitative estimate of drug-likeness (QED) is 0.680. The number of nitrogens with zero attached hydrogens (tertiary/aromatic N) is 3. The average molecular weight is 438 g/mol. The molecule has 1 aromatic rings. The summed E-state index contributed by atoms with van der Waals surface area (Å²) in [6.07, 6.45) is 8.78. The molecule has 2 aliphatic carbocycles. The first-order valence-corrected chi connectivity index (χ1v) is 12.1. The monoisotopic (exact) mass is 437 g/mol. The van der Waals surface area contributed by atoms with Crippen LogP contribution in [-0.2, 0) is 14.4 Å². The lowest BCUT2D eigenvalue weighted by Crippen LogP contribution is -2.51. The summed E-state index contributed by atoms with van der Waals surface area (Å²) in [6, 6.07) is 4.36. The lowest BCUT2D eigenvalue weighted by molar-refractivity contribution is -0.148. The van der Waals surface area contributed by atoms with Crippen LogP contribution in [0.2, 0.25) is 0 Å².